The third-order valence-corrected chi connectivity index (χ3v) is 5.16. The van der Waals surface area contributed by atoms with Gasteiger partial charge in [0.15, 0.2) is 0 Å². The maximum Gasteiger partial charge on any atom is 0.496 e. The quantitative estimate of drug-likeness (QED) is 0.620. The van der Waals surface area contributed by atoms with Gasteiger partial charge in [0, 0.05) is 11.0 Å². The van der Waals surface area contributed by atoms with Gasteiger partial charge in [0.25, 0.3) is 5.24 Å². The monoisotopic (exact) mass is 330 g/mol. The van der Waals surface area contributed by atoms with Crippen LogP contribution in [0.5, 0.6) is 0 Å². The molecule has 120 valence electrons. The van der Waals surface area contributed by atoms with Crippen molar-refractivity contribution in [3.05, 3.63) is 41.5 Å². The number of benzene rings is 2. The summed E-state index contributed by atoms with van der Waals surface area (Å²) < 4.78 is 12.3. The highest BCUT2D eigenvalue weighted by atomic mass is 35.5. The average Bonchev–Trinajstić information content (AvgIpc) is 2.65. The van der Waals surface area contributed by atoms with E-state index in [9.17, 15) is 4.79 Å². The van der Waals surface area contributed by atoms with E-state index in [1.165, 1.54) is 0 Å². The lowest BCUT2D eigenvalue weighted by molar-refractivity contribution is 0.00578. The average molecular weight is 331 g/mol. The molecule has 5 heteroatoms. The summed E-state index contributed by atoms with van der Waals surface area (Å²) in [5, 5.41) is 1.48. The lowest BCUT2D eigenvalue weighted by atomic mass is 9.72. The summed E-state index contributed by atoms with van der Waals surface area (Å²) in [6.07, 6.45) is 0. The maximum absolute atomic E-state index is 12.1. The number of carbonyl (C=O) groups excluding carboxylic acids is 1. The molecular weight excluding hydrogens is 310 g/mol. The van der Waals surface area contributed by atoms with Gasteiger partial charge in [-0.3, -0.25) is 4.79 Å². The molecule has 0 unspecified atom stereocenters. The van der Waals surface area contributed by atoms with Gasteiger partial charge in [-0.25, -0.2) is 0 Å². The second kappa shape index (κ2) is 5.33. The molecule has 1 fully saturated rings. The predicted molar refractivity (Wildman–Crippen MR) is 94.6 cm³/mol. The topological polar surface area (TPSA) is 35.5 Å². The number of halogens is 1. The summed E-state index contributed by atoms with van der Waals surface area (Å²) in [6.45, 7) is 9.86. The molecule has 0 spiro atoms. The van der Waals surface area contributed by atoms with Crippen LogP contribution in [-0.2, 0) is 9.31 Å². The maximum atomic E-state index is 12.1. The zero-order valence-corrected chi connectivity index (χ0v) is 14.8. The molecule has 2 aromatic rings. The second-order valence-corrected chi connectivity index (χ2v) is 7.41. The number of fused-ring (bicyclic) bond motifs is 1. The van der Waals surface area contributed by atoms with Gasteiger partial charge in [0.1, 0.15) is 0 Å². The minimum Gasteiger partial charge on any atom is -0.399 e. The summed E-state index contributed by atoms with van der Waals surface area (Å²) in [5.41, 5.74) is 1.07. The van der Waals surface area contributed by atoms with Gasteiger partial charge in [-0.1, -0.05) is 30.3 Å². The van der Waals surface area contributed by atoms with Crippen LogP contribution in [0.4, 0.5) is 0 Å². The van der Waals surface area contributed by atoms with E-state index in [0.29, 0.717) is 5.56 Å². The van der Waals surface area contributed by atoms with Crippen LogP contribution >= 0.6 is 11.6 Å². The van der Waals surface area contributed by atoms with E-state index in [0.717, 1.165) is 21.8 Å². The van der Waals surface area contributed by atoms with Crippen LogP contribution in [-0.4, -0.2) is 23.6 Å². The molecule has 0 aromatic heterocycles. The van der Waals surface area contributed by atoms with Crippen LogP contribution in [0, 0.1) is 6.92 Å². The van der Waals surface area contributed by atoms with Gasteiger partial charge in [-0.15, -0.1) is 0 Å². The number of carbonyl (C=O) groups is 1. The molecule has 1 aliphatic heterocycles. The standard InChI is InChI=1S/C18H20BClO3/c1-11-10-12-8-6-7-9-13(12)15(14(11)16(20)21)19-22-17(2,3)18(4,5)23-19/h6-10H,1-5H3. The molecule has 0 atom stereocenters. The summed E-state index contributed by atoms with van der Waals surface area (Å²) in [7, 11) is -0.623. The Kier molecular flexibility index (Phi) is 3.83. The number of aryl methyl sites for hydroxylation is 1. The molecule has 3 nitrogen and oxygen atoms in total. The summed E-state index contributed by atoms with van der Waals surface area (Å²) >= 11 is 5.88. The van der Waals surface area contributed by atoms with E-state index in [1.54, 1.807) is 0 Å². The Hall–Kier alpha value is -1.36. The van der Waals surface area contributed by atoms with Gasteiger partial charge in [-0.2, -0.15) is 0 Å². The normalized spacial score (nSPS) is 19.3. The van der Waals surface area contributed by atoms with Crippen molar-refractivity contribution in [2.45, 2.75) is 45.8 Å². The highest BCUT2D eigenvalue weighted by Crippen LogP contribution is 2.37. The Morgan fingerprint density at radius 3 is 2.22 bits per heavy atom. The molecule has 0 saturated carbocycles. The fourth-order valence-electron chi connectivity index (χ4n) is 2.99. The lowest BCUT2D eigenvalue weighted by Crippen LogP contribution is -2.41. The Balaban J connectivity index is 2.28. The van der Waals surface area contributed by atoms with Gasteiger partial charge in [0.2, 0.25) is 0 Å². The minimum absolute atomic E-state index is 0.476. The highest BCUT2D eigenvalue weighted by Gasteiger charge is 2.53. The third-order valence-electron chi connectivity index (χ3n) is 4.97. The largest absolute Gasteiger partial charge is 0.496 e. The number of hydrogen-bond donors (Lipinski definition) is 0. The molecule has 23 heavy (non-hydrogen) atoms. The van der Waals surface area contributed by atoms with Crippen LogP contribution in [0.25, 0.3) is 10.8 Å². The zero-order valence-electron chi connectivity index (χ0n) is 14.1. The fourth-order valence-corrected chi connectivity index (χ4v) is 3.24. The van der Waals surface area contributed by atoms with E-state index >= 15 is 0 Å². The van der Waals surface area contributed by atoms with Crippen LogP contribution in [0.1, 0.15) is 43.6 Å². The van der Waals surface area contributed by atoms with Crippen molar-refractivity contribution in [2.75, 3.05) is 0 Å². The zero-order chi connectivity index (χ0) is 17.0. The number of hydrogen-bond acceptors (Lipinski definition) is 3. The van der Waals surface area contributed by atoms with Crippen LogP contribution in [0.2, 0.25) is 0 Å². The summed E-state index contributed by atoms with van der Waals surface area (Å²) in [5.74, 6) is 0. The van der Waals surface area contributed by atoms with Crippen LogP contribution < -0.4 is 5.46 Å². The molecule has 1 saturated heterocycles. The molecule has 0 bridgehead atoms. The van der Waals surface area contributed by atoms with Gasteiger partial charge >= 0.3 is 7.12 Å². The van der Waals surface area contributed by atoms with Crippen molar-refractivity contribution in [3.63, 3.8) is 0 Å². The second-order valence-electron chi connectivity index (χ2n) is 7.07. The van der Waals surface area contributed by atoms with Crippen molar-refractivity contribution in [1.29, 1.82) is 0 Å². The first-order valence-electron chi connectivity index (χ1n) is 7.72. The predicted octanol–water partition coefficient (Wildman–Crippen LogP) is 3.83. The van der Waals surface area contributed by atoms with E-state index < -0.39 is 23.6 Å². The van der Waals surface area contributed by atoms with E-state index in [1.807, 2.05) is 65.0 Å². The van der Waals surface area contributed by atoms with Crippen molar-refractivity contribution >= 4 is 40.2 Å². The SMILES string of the molecule is Cc1cc2ccccc2c(B2OC(C)(C)C(C)(C)O2)c1C(=O)Cl. The van der Waals surface area contributed by atoms with Gasteiger partial charge in [-0.05, 0) is 62.6 Å². The van der Waals surface area contributed by atoms with Crippen LogP contribution in [0.15, 0.2) is 30.3 Å². The van der Waals surface area contributed by atoms with E-state index in [-0.39, 0.29) is 0 Å². The molecular formula is C18H20BClO3. The van der Waals surface area contributed by atoms with Gasteiger partial charge < -0.3 is 9.31 Å². The number of rotatable bonds is 2. The minimum atomic E-state index is -0.623. The summed E-state index contributed by atoms with van der Waals surface area (Å²) in [6, 6.07) is 9.87. The van der Waals surface area contributed by atoms with Crippen molar-refractivity contribution in [3.8, 4) is 0 Å². The molecule has 1 aliphatic rings. The van der Waals surface area contributed by atoms with Crippen molar-refractivity contribution in [2.24, 2.45) is 0 Å². The Bertz CT molecular complexity index is 782. The van der Waals surface area contributed by atoms with Crippen molar-refractivity contribution in [1.82, 2.24) is 0 Å². The lowest BCUT2D eigenvalue weighted by Gasteiger charge is -2.32. The van der Waals surface area contributed by atoms with Crippen LogP contribution in [0.3, 0.4) is 0 Å². The Morgan fingerprint density at radius 1 is 1.09 bits per heavy atom. The van der Waals surface area contributed by atoms with E-state index in [2.05, 4.69) is 0 Å². The highest BCUT2D eigenvalue weighted by molar-refractivity contribution is 6.74. The molecule has 0 aliphatic carbocycles. The Morgan fingerprint density at radius 2 is 1.65 bits per heavy atom. The molecule has 2 aromatic carbocycles. The molecule has 0 radical (unpaired) electrons. The van der Waals surface area contributed by atoms with E-state index in [4.69, 9.17) is 20.9 Å². The Labute approximate surface area is 142 Å². The molecule has 1 heterocycles. The first-order chi connectivity index (χ1) is 10.6. The van der Waals surface area contributed by atoms with Gasteiger partial charge in [0.05, 0.1) is 11.2 Å². The molecule has 0 N–H and O–H groups in total. The first-order valence-corrected chi connectivity index (χ1v) is 8.09. The molecule has 0 amide bonds. The van der Waals surface area contributed by atoms with Crippen molar-refractivity contribution < 1.29 is 14.1 Å². The smallest absolute Gasteiger partial charge is 0.399 e. The molecule has 3 rings (SSSR count). The summed E-state index contributed by atoms with van der Waals surface area (Å²) in [4.78, 5) is 12.1. The third kappa shape index (κ3) is 2.59. The first kappa shape index (κ1) is 16.5. The fraction of sp³-hybridized carbons (Fsp3) is 0.389.